The lowest BCUT2D eigenvalue weighted by Gasteiger charge is -2.35. The third-order valence-corrected chi connectivity index (χ3v) is 5.74. The van der Waals surface area contributed by atoms with Gasteiger partial charge in [0.25, 0.3) is 0 Å². The average Bonchev–Trinajstić information content (AvgIpc) is 3.26. The van der Waals surface area contributed by atoms with Crippen molar-refractivity contribution in [1.82, 2.24) is 10.0 Å². The van der Waals surface area contributed by atoms with Crippen molar-refractivity contribution in [1.29, 1.82) is 0 Å². The second-order valence-electron chi connectivity index (χ2n) is 7.77. The number of aliphatic carboxylic acids is 1. The van der Waals surface area contributed by atoms with Crippen LogP contribution in [0.4, 0.5) is 4.79 Å². The lowest BCUT2D eigenvalue weighted by molar-refractivity contribution is -0.169. The van der Waals surface area contributed by atoms with Gasteiger partial charge >= 0.3 is 12.1 Å². The Bertz CT molecular complexity index is 1040. The van der Waals surface area contributed by atoms with E-state index >= 15 is 0 Å². The number of hydrogen-bond donors (Lipinski definition) is 2. The smallest absolute Gasteiger partial charge is 0.430 e. The number of fused-ring (bicyclic) bond motifs is 3. The summed E-state index contributed by atoms with van der Waals surface area (Å²) in [5.41, 5.74) is 3.93. The lowest BCUT2D eigenvalue weighted by atomic mass is 9.98. The largest absolute Gasteiger partial charge is 0.480 e. The number of carbonyl (C=O) groups excluding carboxylic acids is 3. The number of hydrogen-bond acceptors (Lipinski definition) is 6. The predicted octanol–water partition coefficient (Wildman–Crippen LogP) is 2.14. The highest BCUT2D eigenvalue weighted by Gasteiger charge is 2.46. The van der Waals surface area contributed by atoms with Gasteiger partial charge < -0.3 is 14.9 Å². The molecule has 1 fully saturated rings. The molecule has 1 heterocycles. The Kier molecular flexibility index (Phi) is 5.67. The highest BCUT2D eigenvalue weighted by atomic mass is 16.6. The maximum Gasteiger partial charge on any atom is 0.430 e. The zero-order chi connectivity index (χ0) is 23.0. The van der Waals surface area contributed by atoms with Crippen LogP contribution in [0.2, 0.25) is 0 Å². The van der Waals surface area contributed by atoms with Crippen LogP contribution in [0.15, 0.2) is 48.5 Å². The van der Waals surface area contributed by atoms with E-state index in [4.69, 9.17) is 4.74 Å². The molecule has 9 heteroatoms. The van der Waals surface area contributed by atoms with Gasteiger partial charge in [0.05, 0.1) is 6.10 Å². The summed E-state index contributed by atoms with van der Waals surface area (Å²) in [6.45, 7) is 1.03. The fourth-order valence-corrected chi connectivity index (χ4v) is 4.30. The molecular weight excluding hydrogens is 416 g/mol. The second kappa shape index (κ2) is 8.43. The monoisotopic (exact) mass is 438 g/mol. The van der Waals surface area contributed by atoms with Gasteiger partial charge in [-0.25, -0.2) is 9.59 Å². The number of aliphatic hydroxyl groups is 1. The minimum Gasteiger partial charge on any atom is -0.480 e. The van der Waals surface area contributed by atoms with Gasteiger partial charge in [0.15, 0.2) is 6.04 Å². The van der Waals surface area contributed by atoms with Crippen LogP contribution in [0.25, 0.3) is 11.1 Å². The fraction of sp³-hybridized carbons (Fsp3) is 0.304. The van der Waals surface area contributed by atoms with E-state index in [1.807, 2.05) is 48.5 Å². The summed E-state index contributed by atoms with van der Waals surface area (Å²) in [6.07, 6.45) is -3.06. The maximum atomic E-state index is 13.0. The number of imide groups is 1. The van der Waals surface area contributed by atoms with Crippen molar-refractivity contribution in [3.8, 4) is 11.1 Å². The summed E-state index contributed by atoms with van der Waals surface area (Å²) in [6, 6.07) is 13.5. The summed E-state index contributed by atoms with van der Waals surface area (Å²) in [7, 11) is 0. The van der Waals surface area contributed by atoms with Crippen LogP contribution in [0, 0.1) is 0 Å². The Labute approximate surface area is 183 Å². The van der Waals surface area contributed by atoms with Crippen molar-refractivity contribution in [3.63, 3.8) is 0 Å². The minimum absolute atomic E-state index is 0.133. The van der Waals surface area contributed by atoms with E-state index in [2.05, 4.69) is 0 Å². The summed E-state index contributed by atoms with van der Waals surface area (Å²) in [4.78, 5) is 49.3. The van der Waals surface area contributed by atoms with Crippen LogP contribution in [0.3, 0.4) is 0 Å². The Balaban J connectivity index is 1.63. The molecular formula is C23H22N2O7. The summed E-state index contributed by atoms with van der Waals surface area (Å²) >= 11 is 0. The molecule has 1 saturated heterocycles. The van der Waals surface area contributed by atoms with Gasteiger partial charge in [0.2, 0.25) is 11.8 Å². The van der Waals surface area contributed by atoms with E-state index in [0.717, 1.165) is 29.2 Å². The molecule has 0 spiro atoms. The number of rotatable bonds is 6. The number of amides is 3. The van der Waals surface area contributed by atoms with Crippen LogP contribution in [-0.2, 0) is 19.1 Å². The van der Waals surface area contributed by atoms with Crippen LogP contribution in [0.5, 0.6) is 0 Å². The Hall–Kier alpha value is -3.72. The van der Waals surface area contributed by atoms with E-state index in [1.54, 1.807) is 0 Å². The second-order valence-corrected chi connectivity index (χ2v) is 7.77. The third kappa shape index (κ3) is 3.60. The number of carbonyl (C=O) groups is 4. The SMILES string of the molecule is CC(O)C(C(=O)O)N(C(=O)OCC1c2ccccc2-c2ccccc21)N1C(=O)CCC1=O. The molecule has 2 N–H and O–H groups in total. The van der Waals surface area contributed by atoms with Gasteiger partial charge in [-0.15, -0.1) is 0 Å². The molecule has 4 rings (SSSR count). The highest BCUT2D eigenvalue weighted by Crippen LogP contribution is 2.44. The molecule has 0 aromatic heterocycles. The van der Waals surface area contributed by atoms with Crippen LogP contribution in [0.1, 0.15) is 36.8 Å². The number of nitrogens with zero attached hydrogens (tertiary/aromatic N) is 2. The van der Waals surface area contributed by atoms with Crippen molar-refractivity contribution < 1.29 is 34.1 Å². The quantitative estimate of drug-likeness (QED) is 0.662. The van der Waals surface area contributed by atoms with Crippen molar-refractivity contribution in [3.05, 3.63) is 59.7 Å². The first kappa shape index (κ1) is 21.5. The summed E-state index contributed by atoms with van der Waals surface area (Å²) < 4.78 is 5.46. The molecule has 2 atom stereocenters. The van der Waals surface area contributed by atoms with Crippen LogP contribution < -0.4 is 0 Å². The zero-order valence-corrected chi connectivity index (χ0v) is 17.3. The van der Waals surface area contributed by atoms with E-state index in [1.165, 1.54) is 0 Å². The summed E-state index contributed by atoms with van der Waals surface area (Å²) in [5, 5.41) is 20.5. The molecule has 2 aliphatic rings. The number of hydrazine groups is 1. The molecule has 3 amide bonds. The molecule has 9 nitrogen and oxygen atoms in total. The maximum absolute atomic E-state index is 13.0. The van der Waals surface area contributed by atoms with Crippen molar-refractivity contribution in [2.45, 2.75) is 37.8 Å². The number of aliphatic hydroxyl groups excluding tert-OH is 1. The molecule has 1 aliphatic heterocycles. The standard InChI is InChI=1S/C23H22N2O7/c1-13(26)21(22(29)30)25(24-19(27)10-11-20(24)28)23(31)32-12-18-16-8-4-2-6-14(16)15-7-3-5-9-17(15)18/h2-9,13,18,21,26H,10-12H2,1H3,(H,29,30). The lowest BCUT2D eigenvalue weighted by Crippen LogP contribution is -2.60. The van der Waals surface area contributed by atoms with Gasteiger partial charge in [0.1, 0.15) is 6.61 Å². The van der Waals surface area contributed by atoms with E-state index < -0.39 is 36.0 Å². The predicted molar refractivity (Wildman–Crippen MR) is 111 cm³/mol. The van der Waals surface area contributed by atoms with Crippen LogP contribution >= 0.6 is 0 Å². The zero-order valence-electron chi connectivity index (χ0n) is 17.3. The molecule has 2 unspecified atom stereocenters. The molecule has 2 aromatic carbocycles. The molecule has 1 aliphatic carbocycles. The van der Waals surface area contributed by atoms with Gasteiger partial charge in [-0.05, 0) is 29.2 Å². The van der Waals surface area contributed by atoms with Gasteiger partial charge in [-0.1, -0.05) is 48.5 Å². The van der Waals surface area contributed by atoms with Gasteiger partial charge in [-0.2, -0.15) is 10.0 Å². The molecule has 2 aromatic rings. The highest BCUT2D eigenvalue weighted by molar-refractivity contribution is 6.03. The van der Waals surface area contributed by atoms with Gasteiger partial charge in [-0.3, -0.25) is 9.59 Å². The number of carboxylic acids is 1. The Morgan fingerprint density at radius 3 is 2.00 bits per heavy atom. The first-order chi connectivity index (χ1) is 15.3. The van der Waals surface area contributed by atoms with E-state index in [-0.39, 0.29) is 25.4 Å². The van der Waals surface area contributed by atoms with E-state index in [9.17, 15) is 29.4 Å². The number of benzene rings is 2. The topological polar surface area (TPSA) is 124 Å². The van der Waals surface area contributed by atoms with Gasteiger partial charge in [0, 0.05) is 18.8 Å². The molecule has 0 bridgehead atoms. The number of ether oxygens (including phenoxy) is 1. The first-order valence-electron chi connectivity index (χ1n) is 10.2. The normalized spacial score (nSPS) is 17.0. The molecule has 0 saturated carbocycles. The van der Waals surface area contributed by atoms with Crippen molar-refractivity contribution >= 4 is 23.9 Å². The van der Waals surface area contributed by atoms with Crippen molar-refractivity contribution in [2.24, 2.45) is 0 Å². The molecule has 0 radical (unpaired) electrons. The molecule has 32 heavy (non-hydrogen) atoms. The first-order valence-corrected chi connectivity index (χ1v) is 10.2. The number of carboxylic acid groups (broad SMARTS) is 1. The fourth-order valence-electron chi connectivity index (χ4n) is 4.30. The van der Waals surface area contributed by atoms with Crippen molar-refractivity contribution in [2.75, 3.05) is 6.61 Å². The van der Waals surface area contributed by atoms with E-state index in [0.29, 0.717) is 10.0 Å². The minimum atomic E-state index is -1.86. The Morgan fingerprint density at radius 1 is 1.03 bits per heavy atom. The molecule has 166 valence electrons. The van der Waals surface area contributed by atoms with Crippen LogP contribution in [-0.4, -0.2) is 62.9 Å². The third-order valence-electron chi connectivity index (χ3n) is 5.74. The average molecular weight is 438 g/mol. The Morgan fingerprint density at radius 2 is 1.53 bits per heavy atom. The summed E-state index contributed by atoms with van der Waals surface area (Å²) in [5.74, 6) is -3.32.